The fourth-order valence-electron chi connectivity index (χ4n) is 2.87. The van der Waals surface area contributed by atoms with E-state index < -0.39 is 0 Å². The quantitative estimate of drug-likeness (QED) is 0.433. The van der Waals surface area contributed by atoms with Crippen molar-refractivity contribution in [2.75, 3.05) is 12.4 Å². The maximum Gasteiger partial charge on any atom is 0.136 e. The highest BCUT2D eigenvalue weighted by atomic mass is 32.1. The molecule has 0 amide bonds. The van der Waals surface area contributed by atoms with E-state index in [1.54, 1.807) is 13.3 Å². The lowest BCUT2D eigenvalue weighted by Gasteiger charge is -2.04. The zero-order chi connectivity index (χ0) is 19.3. The van der Waals surface area contributed by atoms with Crippen molar-refractivity contribution < 1.29 is 4.74 Å². The Labute approximate surface area is 167 Å². The maximum absolute atomic E-state index is 9.57. The van der Waals surface area contributed by atoms with E-state index in [9.17, 15) is 5.26 Å². The molecular weight excluding hydrogens is 366 g/mol. The SMILES string of the molecule is COc1ccc(-c2csc(/C(C#N)=C/Nc3ccc4ccccc4c3)n2)cc1. The van der Waals surface area contributed by atoms with E-state index in [-0.39, 0.29) is 0 Å². The smallest absolute Gasteiger partial charge is 0.136 e. The highest BCUT2D eigenvalue weighted by molar-refractivity contribution is 7.11. The number of nitrogens with zero attached hydrogens (tertiary/aromatic N) is 2. The third-order valence-corrected chi connectivity index (χ3v) is 5.25. The number of nitrogens with one attached hydrogen (secondary N) is 1. The van der Waals surface area contributed by atoms with Crippen molar-refractivity contribution in [1.82, 2.24) is 4.98 Å². The number of hydrogen-bond acceptors (Lipinski definition) is 5. The molecule has 0 unspecified atom stereocenters. The van der Waals surface area contributed by atoms with Gasteiger partial charge in [-0.1, -0.05) is 30.3 Å². The summed E-state index contributed by atoms with van der Waals surface area (Å²) in [7, 11) is 1.64. The van der Waals surface area contributed by atoms with E-state index >= 15 is 0 Å². The Morgan fingerprint density at radius 1 is 1.07 bits per heavy atom. The fraction of sp³-hybridized carbons (Fsp3) is 0.0435. The van der Waals surface area contributed by atoms with Crippen molar-refractivity contribution in [1.29, 1.82) is 5.26 Å². The average molecular weight is 383 g/mol. The molecular formula is C23H17N3OS. The van der Waals surface area contributed by atoms with Gasteiger partial charge in [0.2, 0.25) is 0 Å². The van der Waals surface area contributed by atoms with E-state index in [4.69, 9.17) is 4.74 Å². The van der Waals surface area contributed by atoms with Crippen LogP contribution in [-0.2, 0) is 0 Å². The molecule has 4 rings (SSSR count). The third-order valence-electron chi connectivity index (χ3n) is 4.37. The molecule has 1 heterocycles. The number of benzene rings is 3. The van der Waals surface area contributed by atoms with Gasteiger partial charge in [-0.25, -0.2) is 4.98 Å². The van der Waals surface area contributed by atoms with Gasteiger partial charge in [0, 0.05) is 22.8 Å². The van der Waals surface area contributed by atoms with Crippen LogP contribution in [0.4, 0.5) is 5.69 Å². The second kappa shape index (κ2) is 7.95. The molecule has 0 fully saturated rings. The zero-order valence-corrected chi connectivity index (χ0v) is 16.0. The number of ether oxygens (including phenoxy) is 1. The van der Waals surface area contributed by atoms with Crippen LogP contribution < -0.4 is 10.1 Å². The Bertz CT molecular complexity index is 1190. The van der Waals surface area contributed by atoms with E-state index in [2.05, 4.69) is 40.6 Å². The van der Waals surface area contributed by atoms with Crippen LogP contribution in [0.3, 0.4) is 0 Å². The Morgan fingerprint density at radius 3 is 2.61 bits per heavy atom. The highest BCUT2D eigenvalue weighted by Crippen LogP contribution is 2.27. The summed E-state index contributed by atoms with van der Waals surface area (Å²) in [6.45, 7) is 0. The first-order valence-corrected chi connectivity index (χ1v) is 9.61. The van der Waals surface area contributed by atoms with Gasteiger partial charge in [-0.3, -0.25) is 0 Å². The number of rotatable bonds is 5. The number of hydrogen-bond donors (Lipinski definition) is 1. The van der Waals surface area contributed by atoms with E-state index in [1.807, 2.05) is 47.8 Å². The molecule has 28 heavy (non-hydrogen) atoms. The molecule has 0 radical (unpaired) electrons. The van der Waals surface area contributed by atoms with Gasteiger partial charge in [0.15, 0.2) is 0 Å². The number of aromatic nitrogens is 1. The summed E-state index contributed by atoms with van der Waals surface area (Å²) in [6.07, 6.45) is 1.71. The lowest BCUT2D eigenvalue weighted by molar-refractivity contribution is 0.415. The molecule has 0 bridgehead atoms. The molecule has 4 aromatic rings. The van der Waals surface area contributed by atoms with Gasteiger partial charge in [0.25, 0.3) is 0 Å². The Kier molecular flexibility index (Phi) is 5.05. The molecule has 0 saturated carbocycles. The van der Waals surface area contributed by atoms with Gasteiger partial charge in [-0.05, 0) is 47.2 Å². The Morgan fingerprint density at radius 2 is 1.86 bits per heavy atom. The normalized spacial score (nSPS) is 11.2. The van der Waals surface area contributed by atoms with Crippen molar-refractivity contribution in [3.8, 4) is 23.1 Å². The van der Waals surface area contributed by atoms with Crippen LogP contribution in [0.2, 0.25) is 0 Å². The van der Waals surface area contributed by atoms with Crippen molar-refractivity contribution in [2.45, 2.75) is 0 Å². The molecule has 0 spiro atoms. The van der Waals surface area contributed by atoms with Gasteiger partial charge < -0.3 is 10.1 Å². The molecule has 5 heteroatoms. The van der Waals surface area contributed by atoms with Crippen LogP contribution >= 0.6 is 11.3 Å². The van der Waals surface area contributed by atoms with Crippen LogP contribution in [0.15, 0.2) is 78.3 Å². The fourth-order valence-corrected chi connectivity index (χ4v) is 3.66. The summed E-state index contributed by atoms with van der Waals surface area (Å²) < 4.78 is 5.19. The molecule has 3 aromatic carbocycles. The molecule has 0 aliphatic rings. The van der Waals surface area contributed by atoms with E-state index in [0.717, 1.165) is 28.1 Å². The number of fused-ring (bicyclic) bond motifs is 1. The Balaban J connectivity index is 1.56. The number of anilines is 1. The summed E-state index contributed by atoms with van der Waals surface area (Å²) in [4.78, 5) is 4.62. The van der Waals surface area contributed by atoms with Gasteiger partial charge >= 0.3 is 0 Å². The zero-order valence-electron chi connectivity index (χ0n) is 15.2. The topological polar surface area (TPSA) is 57.9 Å². The van der Waals surface area contributed by atoms with E-state index in [1.165, 1.54) is 16.7 Å². The molecule has 136 valence electrons. The second-order valence-electron chi connectivity index (χ2n) is 6.14. The Hall–Kier alpha value is -3.62. The molecule has 0 aliphatic heterocycles. The molecule has 4 nitrogen and oxygen atoms in total. The minimum absolute atomic E-state index is 0.498. The van der Waals surface area contributed by atoms with Crippen LogP contribution in [0.25, 0.3) is 27.6 Å². The number of allylic oxidation sites excluding steroid dienone is 1. The summed E-state index contributed by atoms with van der Waals surface area (Å²) in [5, 5.41) is 17.8. The van der Waals surface area contributed by atoms with Crippen LogP contribution in [0, 0.1) is 11.3 Å². The molecule has 1 aromatic heterocycles. The van der Waals surface area contributed by atoms with Crippen LogP contribution in [0.5, 0.6) is 5.75 Å². The summed E-state index contributed by atoms with van der Waals surface area (Å²) >= 11 is 1.45. The van der Waals surface area contributed by atoms with Crippen LogP contribution in [-0.4, -0.2) is 12.1 Å². The number of methoxy groups -OCH3 is 1. The van der Waals surface area contributed by atoms with Gasteiger partial charge in [-0.15, -0.1) is 11.3 Å². The maximum atomic E-state index is 9.57. The molecule has 0 atom stereocenters. The second-order valence-corrected chi connectivity index (χ2v) is 7.00. The third kappa shape index (κ3) is 3.73. The predicted molar refractivity (Wildman–Crippen MR) is 115 cm³/mol. The lowest BCUT2D eigenvalue weighted by Crippen LogP contribution is -1.91. The lowest BCUT2D eigenvalue weighted by atomic mass is 10.1. The van der Waals surface area contributed by atoms with Gasteiger partial charge in [0.1, 0.15) is 22.4 Å². The molecule has 1 N–H and O–H groups in total. The van der Waals surface area contributed by atoms with Crippen molar-refractivity contribution >= 4 is 33.4 Å². The average Bonchev–Trinajstić information content (AvgIpc) is 3.24. The first-order valence-electron chi connectivity index (χ1n) is 8.73. The largest absolute Gasteiger partial charge is 0.497 e. The van der Waals surface area contributed by atoms with Crippen LogP contribution in [0.1, 0.15) is 5.01 Å². The van der Waals surface area contributed by atoms with Gasteiger partial charge in [-0.2, -0.15) is 5.26 Å². The summed E-state index contributed by atoms with van der Waals surface area (Å²) in [5.41, 5.74) is 3.26. The highest BCUT2D eigenvalue weighted by Gasteiger charge is 2.09. The van der Waals surface area contributed by atoms with Crippen molar-refractivity contribution in [3.63, 3.8) is 0 Å². The minimum atomic E-state index is 0.498. The first kappa shape index (κ1) is 17.8. The first-order chi connectivity index (χ1) is 13.8. The summed E-state index contributed by atoms with van der Waals surface area (Å²) in [6, 6.07) is 24.2. The van der Waals surface area contributed by atoms with Gasteiger partial charge in [0.05, 0.1) is 12.8 Å². The van der Waals surface area contributed by atoms with Crippen molar-refractivity contribution in [3.05, 3.63) is 83.3 Å². The molecule has 0 aliphatic carbocycles. The summed E-state index contributed by atoms with van der Waals surface area (Å²) in [5.74, 6) is 0.802. The van der Waals surface area contributed by atoms with Crippen molar-refractivity contribution in [2.24, 2.45) is 0 Å². The molecule has 0 saturated heterocycles. The number of nitriles is 1. The van der Waals surface area contributed by atoms with E-state index in [0.29, 0.717) is 10.6 Å². The standard InChI is InChI=1S/C23H17N3OS/c1-27-21-10-7-17(8-11-21)22-15-28-23(26-22)19(13-24)14-25-20-9-6-16-4-2-3-5-18(16)12-20/h2-12,14-15,25H,1H3/b19-14+. The minimum Gasteiger partial charge on any atom is -0.497 e. The number of thiazole rings is 1. The monoisotopic (exact) mass is 383 g/mol. The predicted octanol–water partition coefficient (Wildman–Crippen LogP) is 5.95.